The maximum atomic E-state index is 11.2. The summed E-state index contributed by atoms with van der Waals surface area (Å²) in [4.78, 5) is 11.2. The van der Waals surface area contributed by atoms with Crippen LogP contribution in [0.25, 0.3) is 0 Å². The number of aldehydes is 1. The summed E-state index contributed by atoms with van der Waals surface area (Å²) in [5.74, 6) is 1.29. The Labute approximate surface area is 135 Å². The van der Waals surface area contributed by atoms with Crippen molar-refractivity contribution in [1.29, 1.82) is 0 Å². The SMILES string of the molecule is C=C1CC[C@H]2C(C)(C)CCC[C@@]2(C)[C@H]1C/C=C(/C=O)[C@H]1CO1. The molecule has 4 atom stereocenters. The summed E-state index contributed by atoms with van der Waals surface area (Å²) in [6.45, 7) is 12.5. The fourth-order valence-electron chi connectivity index (χ4n) is 5.46. The van der Waals surface area contributed by atoms with Gasteiger partial charge in [-0.1, -0.05) is 45.4 Å². The van der Waals surface area contributed by atoms with Crippen molar-refractivity contribution >= 4 is 6.29 Å². The Morgan fingerprint density at radius 2 is 2.09 bits per heavy atom. The van der Waals surface area contributed by atoms with Crippen molar-refractivity contribution in [3.63, 3.8) is 0 Å². The van der Waals surface area contributed by atoms with E-state index in [-0.39, 0.29) is 6.10 Å². The van der Waals surface area contributed by atoms with Crippen molar-refractivity contribution < 1.29 is 9.53 Å². The number of fused-ring (bicyclic) bond motifs is 1. The highest BCUT2D eigenvalue weighted by Gasteiger charge is 2.52. The number of hydrogen-bond acceptors (Lipinski definition) is 2. The lowest BCUT2D eigenvalue weighted by Crippen LogP contribution is -2.49. The van der Waals surface area contributed by atoms with E-state index in [1.807, 2.05) is 0 Å². The Morgan fingerprint density at radius 1 is 1.36 bits per heavy atom. The first kappa shape index (κ1) is 16.0. The van der Waals surface area contributed by atoms with Crippen molar-refractivity contribution in [1.82, 2.24) is 0 Å². The first-order valence-electron chi connectivity index (χ1n) is 8.83. The van der Waals surface area contributed by atoms with E-state index in [1.165, 1.54) is 31.3 Å². The average molecular weight is 302 g/mol. The second kappa shape index (κ2) is 5.63. The summed E-state index contributed by atoms with van der Waals surface area (Å²) in [6, 6.07) is 0. The summed E-state index contributed by atoms with van der Waals surface area (Å²) in [5, 5.41) is 0. The molecule has 3 fully saturated rings. The highest BCUT2D eigenvalue weighted by Crippen LogP contribution is 2.61. The van der Waals surface area contributed by atoms with Gasteiger partial charge in [-0.3, -0.25) is 4.79 Å². The second-order valence-electron chi connectivity index (χ2n) is 8.53. The number of carbonyl (C=O) groups is 1. The average Bonchev–Trinajstić information content (AvgIpc) is 3.25. The Bertz CT molecular complexity index is 498. The van der Waals surface area contributed by atoms with Crippen LogP contribution >= 0.6 is 0 Å². The zero-order valence-electron chi connectivity index (χ0n) is 14.4. The third kappa shape index (κ3) is 2.71. The number of epoxide rings is 1. The van der Waals surface area contributed by atoms with Crippen molar-refractivity contribution in [3.05, 3.63) is 23.8 Å². The lowest BCUT2D eigenvalue weighted by molar-refractivity contribution is -0.105. The molecule has 3 rings (SSSR count). The molecule has 0 amide bonds. The van der Waals surface area contributed by atoms with Gasteiger partial charge in [0.1, 0.15) is 12.4 Å². The van der Waals surface area contributed by atoms with Crippen LogP contribution in [-0.4, -0.2) is 19.0 Å². The van der Waals surface area contributed by atoms with Gasteiger partial charge in [-0.2, -0.15) is 0 Å². The molecule has 0 aromatic heterocycles. The smallest absolute Gasteiger partial charge is 0.148 e. The number of allylic oxidation sites excluding steroid dienone is 2. The molecule has 3 aliphatic rings. The Hall–Kier alpha value is -0.890. The predicted octanol–water partition coefficient (Wildman–Crippen LogP) is 4.70. The quantitative estimate of drug-likeness (QED) is 0.326. The first-order valence-corrected chi connectivity index (χ1v) is 8.83. The minimum Gasteiger partial charge on any atom is -0.368 e. The van der Waals surface area contributed by atoms with Crippen molar-refractivity contribution in [2.45, 2.75) is 65.4 Å². The van der Waals surface area contributed by atoms with E-state index in [4.69, 9.17) is 4.74 Å². The van der Waals surface area contributed by atoms with Gasteiger partial charge in [0.2, 0.25) is 0 Å². The van der Waals surface area contributed by atoms with Gasteiger partial charge < -0.3 is 4.74 Å². The van der Waals surface area contributed by atoms with Gasteiger partial charge in [-0.05, 0) is 54.8 Å². The zero-order valence-corrected chi connectivity index (χ0v) is 14.4. The molecule has 1 saturated heterocycles. The van der Waals surface area contributed by atoms with Crippen molar-refractivity contribution in [2.24, 2.45) is 22.7 Å². The van der Waals surface area contributed by atoms with Crippen LogP contribution < -0.4 is 0 Å². The van der Waals surface area contributed by atoms with Gasteiger partial charge in [0.25, 0.3) is 0 Å². The molecule has 0 bridgehead atoms. The van der Waals surface area contributed by atoms with Gasteiger partial charge in [0, 0.05) is 5.57 Å². The summed E-state index contributed by atoms with van der Waals surface area (Å²) in [7, 11) is 0. The van der Waals surface area contributed by atoms with E-state index in [9.17, 15) is 4.79 Å². The van der Waals surface area contributed by atoms with Crippen LogP contribution in [0, 0.1) is 22.7 Å². The summed E-state index contributed by atoms with van der Waals surface area (Å²) < 4.78 is 5.27. The van der Waals surface area contributed by atoms with Crippen molar-refractivity contribution in [2.75, 3.05) is 6.61 Å². The maximum absolute atomic E-state index is 11.2. The van der Waals surface area contributed by atoms with E-state index < -0.39 is 0 Å². The summed E-state index contributed by atoms with van der Waals surface area (Å²) >= 11 is 0. The van der Waals surface area contributed by atoms with Crippen LogP contribution in [0.3, 0.4) is 0 Å². The molecule has 0 radical (unpaired) electrons. The van der Waals surface area contributed by atoms with E-state index in [0.29, 0.717) is 23.4 Å². The lowest BCUT2D eigenvalue weighted by Gasteiger charge is -2.58. The molecule has 2 aliphatic carbocycles. The molecular weight excluding hydrogens is 272 g/mol. The van der Waals surface area contributed by atoms with E-state index in [2.05, 4.69) is 33.4 Å². The van der Waals surface area contributed by atoms with Gasteiger partial charge >= 0.3 is 0 Å². The molecule has 2 nitrogen and oxygen atoms in total. The van der Waals surface area contributed by atoms with Gasteiger partial charge in [0.05, 0.1) is 6.61 Å². The van der Waals surface area contributed by atoms with Crippen LogP contribution in [0.15, 0.2) is 23.8 Å². The molecule has 1 heterocycles. The van der Waals surface area contributed by atoms with E-state index in [1.54, 1.807) is 0 Å². The topological polar surface area (TPSA) is 29.6 Å². The zero-order chi connectivity index (χ0) is 16.0. The minimum atomic E-state index is 0.0701. The Kier molecular flexibility index (Phi) is 4.09. The Balaban J connectivity index is 1.84. The van der Waals surface area contributed by atoms with Crippen LogP contribution in [-0.2, 0) is 9.53 Å². The molecule has 0 aromatic carbocycles. The molecule has 122 valence electrons. The molecular formula is C20H30O2. The molecule has 0 unspecified atom stereocenters. The highest BCUT2D eigenvalue weighted by atomic mass is 16.6. The lowest BCUT2D eigenvalue weighted by atomic mass is 9.47. The minimum absolute atomic E-state index is 0.0701. The second-order valence-corrected chi connectivity index (χ2v) is 8.53. The molecule has 2 saturated carbocycles. The van der Waals surface area contributed by atoms with Crippen LogP contribution in [0.5, 0.6) is 0 Å². The summed E-state index contributed by atoms with van der Waals surface area (Å²) in [6.07, 6.45) is 10.5. The van der Waals surface area contributed by atoms with E-state index >= 15 is 0 Å². The molecule has 0 spiro atoms. The van der Waals surface area contributed by atoms with E-state index in [0.717, 1.165) is 30.6 Å². The van der Waals surface area contributed by atoms with Gasteiger partial charge in [0.15, 0.2) is 0 Å². The highest BCUT2D eigenvalue weighted by molar-refractivity contribution is 5.75. The van der Waals surface area contributed by atoms with Gasteiger partial charge in [-0.15, -0.1) is 0 Å². The number of carbonyl (C=O) groups excluding carboxylic acids is 1. The molecule has 0 N–H and O–H groups in total. The molecule has 1 aliphatic heterocycles. The Morgan fingerprint density at radius 3 is 2.73 bits per heavy atom. The molecule has 2 heteroatoms. The number of ether oxygens (including phenoxy) is 1. The maximum Gasteiger partial charge on any atom is 0.148 e. The molecule has 0 aromatic rings. The fourth-order valence-corrected chi connectivity index (χ4v) is 5.46. The van der Waals surface area contributed by atoms with Gasteiger partial charge in [-0.25, -0.2) is 0 Å². The monoisotopic (exact) mass is 302 g/mol. The largest absolute Gasteiger partial charge is 0.368 e. The fraction of sp³-hybridized carbons (Fsp3) is 0.750. The third-order valence-electron chi connectivity index (χ3n) is 6.75. The normalized spacial score (nSPS) is 41.0. The predicted molar refractivity (Wildman–Crippen MR) is 89.6 cm³/mol. The standard InChI is InChI=1S/C20H30O2/c1-14-6-9-18-19(2,3)10-5-11-20(18,4)16(14)8-7-15(12-21)17-13-22-17/h7,12,16-18H,1,5-6,8-11,13H2,2-4H3/b15-7-/t16-,17+,18-,20-/m0/s1. The number of rotatable bonds is 4. The molecule has 22 heavy (non-hydrogen) atoms. The van der Waals surface area contributed by atoms with Crippen molar-refractivity contribution in [3.8, 4) is 0 Å². The van der Waals surface area contributed by atoms with Crippen LogP contribution in [0.2, 0.25) is 0 Å². The third-order valence-corrected chi connectivity index (χ3v) is 6.75. The van der Waals surface area contributed by atoms with Crippen LogP contribution in [0.4, 0.5) is 0 Å². The first-order chi connectivity index (χ1) is 10.4. The number of hydrogen-bond donors (Lipinski definition) is 0. The van der Waals surface area contributed by atoms with Crippen LogP contribution in [0.1, 0.15) is 59.3 Å². The summed E-state index contributed by atoms with van der Waals surface area (Å²) in [5.41, 5.74) is 3.01.